The Hall–Kier alpha value is -0.830. The van der Waals surface area contributed by atoms with Crippen molar-refractivity contribution in [2.45, 2.75) is 39.3 Å². The van der Waals surface area contributed by atoms with E-state index < -0.39 is 0 Å². The summed E-state index contributed by atoms with van der Waals surface area (Å²) in [6.45, 7) is 9.35. The minimum Gasteiger partial charge on any atom is -0.368 e. The molecular weight excluding hydrogens is 164 g/mol. The molecule has 13 heavy (non-hydrogen) atoms. The molecule has 2 rings (SSSR count). The van der Waals surface area contributed by atoms with Gasteiger partial charge in [-0.15, -0.1) is 0 Å². The summed E-state index contributed by atoms with van der Waals surface area (Å²) in [5, 5.41) is 4.48. The fourth-order valence-electron chi connectivity index (χ4n) is 1.36. The van der Waals surface area contributed by atoms with Gasteiger partial charge in [-0.05, 0) is 27.7 Å². The monoisotopic (exact) mass is 180 g/mol. The molecule has 0 spiro atoms. The van der Waals surface area contributed by atoms with Crippen molar-refractivity contribution in [1.82, 2.24) is 9.78 Å². The van der Waals surface area contributed by atoms with Crippen molar-refractivity contribution in [2.24, 2.45) is 0 Å². The lowest BCUT2D eigenvalue weighted by atomic mass is 10.1. The van der Waals surface area contributed by atoms with E-state index in [4.69, 9.17) is 4.74 Å². The van der Waals surface area contributed by atoms with Gasteiger partial charge in [0.15, 0.2) is 0 Å². The van der Waals surface area contributed by atoms with E-state index in [1.165, 1.54) is 5.56 Å². The maximum atomic E-state index is 5.25. The second-order valence-corrected chi connectivity index (χ2v) is 4.61. The average molecular weight is 180 g/mol. The lowest BCUT2D eigenvalue weighted by Crippen LogP contribution is -2.22. The molecule has 1 aliphatic heterocycles. The predicted octanol–water partition coefficient (Wildman–Crippen LogP) is 2.02. The van der Waals surface area contributed by atoms with Crippen LogP contribution in [0.2, 0.25) is 0 Å². The third-order valence-corrected chi connectivity index (χ3v) is 2.30. The molecule has 0 unspecified atom stereocenters. The molecule has 3 nitrogen and oxygen atoms in total. The summed E-state index contributed by atoms with van der Waals surface area (Å²) in [6, 6.07) is 0. The van der Waals surface area contributed by atoms with E-state index in [1.54, 1.807) is 0 Å². The Labute approximate surface area is 78.7 Å². The molecule has 1 aromatic rings. The van der Waals surface area contributed by atoms with E-state index >= 15 is 0 Å². The molecule has 0 aliphatic carbocycles. The highest BCUT2D eigenvalue weighted by Crippen LogP contribution is 2.32. The Morgan fingerprint density at radius 3 is 2.54 bits per heavy atom. The smallest absolute Gasteiger partial charge is 0.109 e. The molecule has 1 aromatic heterocycles. The van der Waals surface area contributed by atoms with Gasteiger partial charge in [-0.25, -0.2) is 0 Å². The van der Waals surface area contributed by atoms with Crippen LogP contribution in [0.5, 0.6) is 0 Å². The first-order valence-electron chi connectivity index (χ1n) is 4.67. The first-order chi connectivity index (χ1) is 5.98. The SMILES string of the molecule is Cc1nn(C(C)(C)C)cc1[C@H]1CO1. The second-order valence-electron chi connectivity index (χ2n) is 4.61. The summed E-state index contributed by atoms with van der Waals surface area (Å²) >= 11 is 0. The average Bonchev–Trinajstić information content (AvgIpc) is 2.73. The normalized spacial score (nSPS) is 22.0. The van der Waals surface area contributed by atoms with E-state index in [1.807, 2.05) is 11.6 Å². The van der Waals surface area contributed by atoms with Gasteiger partial charge in [-0.2, -0.15) is 5.10 Å². The van der Waals surface area contributed by atoms with Gasteiger partial charge in [0.05, 0.1) is 17.8 Å². The van der Waals surface area contributed by atoms with E-state index in [2.05, 4.69) is 32.1 Å². The summed E-state index contributed by atoms with van der Waals surface area (Å²) in [5.41, 5.74) is 2.41. The zero-order valence-corrected chi connectivity index (χ0v) is 8.66. The molecule has 0 bridgehead atoms. The Morgan fingerprint density at radius 2 is 2.15 bits per heavy atom. The molecule has 2 heterocycles. The maximum absolute atomic E-state index is 5.25. The third kappa shape index (κ3) is 1.61. The summed E-state index contributed by atoms with van der Waals surface area (Å²) in [6.07, 6.45) is 2.42. The zero-order valence-electron chi connectivity index (χ0n) is 8.66. The summed E-state index contributed by atoms with van der Waals surface area (Å²) in [7, 11) is 0. The van der Waals surface area contributed by atoms with Gasteiger partial charge >= 0.3 is 0 Å². The van der Waals surface area contributed by atoms with Crippen molar-refractivity contribution in [2.75, 3.05) is 6.61 Å². The Morgan fingerprint density at radius 1 is 1.54 bits per heavy atom. The molecule has 0 saturated carbocycles. The standard InChI is InChI=1S/C10H16N2O/c1-7-8(9-6-13-9)5-12(11-7)10(2,3)4/h5,9H,6H2,1-4H3/t9-/m1/s1. The van der Waals surface area contributed by atoms with Gasteiger partial charge in [-0.3, -0.25) is 4.68 Å². The molecule has 0 N–H and O–H groups in total. The molecular formula is C10H16N2O. The highest BCUT2D eigenvalue weighted by Gasteiger charge is 2.29. The van der Waals surface area contributed by atoms with Gasteiger partial charge in [0, 0.05) is 11.8 Å². The van der Waals surface area contributed by atoms with Crippen LogP contribution < -0.4 is 0 Å². The van der Waals surface area contributed by atoms with Gasteiger partial charge in [0.1, 0.15) is 6.10 Å². The van der Waals surface area contributed by atoms with Crippen LogP contribution in [0.1, 0.15) is 38.1 Å². The maximum Gasteiger partial charge on any atom is 0.109 e. The number of hydrogen-bond acceptors (Lipinski definition) is 2. The second kappa shape index (κ2) is 2.58. The number of rotatable bonds is 1. The van der Waals surface area contributed by atoms with Crippen LogP contribution in [0, 0.1) is 6.92 Å². The first kappa shape index (κ1) is 8.75. The number of epoxide rings is 1. The van der Waals surface area contributed by atoms with Crippen LogP contribution in [0.25, 0.3) is 0 Å². The van der Waals surface area contributed by atoms with Gasteiger partial charge in [-0.1, -0.05) is 0 Å². The minimum absolute atomic E-state index is 0.0674. The molecule has 1 aliphatic rings. The van der Waals surface area contributed by atoms with Crippen LogP contribution in [0.3, 0.4) is 0 Å². The molecule has 1 atom stereocenters. The van der Waals surface area contributed by atoms with Crippen LogP contribution >= 0.6 is 0 Å². The van der Waals surface area contributed by atoms with Crippen LogP contribution in [0.4, 0.5) is 0 Å². The number of aromatic nitrogens is 2. The Kier molecular flexibility index (Phi) is 1.74. The molecule has 1 fully saturated rings. The number of ether oxygens (including phenoxy) is 1. The van der Waals surface area contributed by atoms with E-state index in [9.17, 15) is 0 Å². The zero-order chi connectivity index (χ0) is 9.64. The van der Waals surface area contributed by atoms with E-state index in [0.29, 0.717) is 6.10 Å². The molecule has 0 aromatic carbocycles. The third-order valence-electron chi connectivity index (χ3n) is 2.30. The number of nitrogens with zero attached hydrogens (tertiary/aromatic N) is 2. The largest absolute Gasteiger partial charge is 0.368 e. The molecule has 72 valence electrons. The lowest BCUT2D eigenvalue weighted by molar-refractivity contribution is 0.353. The van der Waals surface area contributed by atoms with Gasteiger partial charge < -0.3 is 4.74 Å². The van der Waals surface area contributed by atoms with E-state index in [-0.39, 0.29) is 5.54 Å². The summed E-state index contributed by atoms with van der Waals surface area (Å²) in [4.78, 5) is 0. The molecule has 0 amide bonds. The Balaban J connectivity index is 2.34. The van der Waals surface area contributed by atoms with Gasteiger partial charge in [0.2, 0.25) is 0 Å². The van der Waals surface area contributed by atoms with Gasteiger partial charge in [0.25, 0.3) is 0 Å². The van der Waals surface area contributed by atoms with Crippen molar-refractivity contribution >= 4 is 0 Å². The first-order valence-corrected chi connectivity index (χ1v) is 4.67. The van der Waals surface area contributed by atoms with Crippen molar-refractivity contribution in [3.8, 4) is 0 Å². The summed E-state index contributed by atoms with van der Waals surface area (Å²) in [5.74, 6) is 0. The van der Waals surface area contributed by atoms with Crippen molar-refractivity contribution in [1.29, 1.82) is 0 Å². The number of aryl methyl sites for hydroxylation is 1. The van der Waals surface area contributed by atoms with Crippen molar-refractivity contribution in [3.63, 3.8) is 0 Å². The fourth-order valence-corrected chi connectivity index (χ4v) is 1.36. The molecule has 0 radical (unpaired) electrons. The van der Waals surface area contributed by atoms with E-state index in [0.717, 1.165) is 12.3 Å². The van der Waals surface area contributed by atoms with Crippen LogP contribution in [-0.4, -0.2) is 16.4 Å². The number of hydrogen-bond donors (Lipinski definition) is 0. The minimum atomic E-state index is 0.0674. The predicted molar refractivity (Wildman–Crippen MR) is 50.7 cm³/mol. The Bertz CT molecular complexity index is 318. The quantitative estimate of drug-likeness (QED) is 0.619. The summed E-state index contributed by atoms with van der Waals surface area (Å²) < 4.78 is 7.26. The molecule has 3 heteroatoms. The highest BCUT2D eigenvalue weighted by molar-refractivity contribution is 5.22. The van der Waals surface area contributed by atoms with Crippen molar-refractivity contribution in [3.05, 3.63) is 17.5 Å². The highest BCUT2D eigenvalue weighted by atomic mass is 16.6. The lowest BCUT2D eigenvalue weighted by Gasteiger charge is -2.18. The van der Waals surface area contributed by atoms with Crippen LogP contribution in [0.15, 0.2) is 6.20 Å². The van der Waals surface area contributed by atoms with Crippen LogP contribution in [-0.2, 0) is 10.3 Å². The van der Waals surface area contributed by atoms with Crippen molar-refractivity contribution < 1.29 is 4.74 Å². The fraction of sp³-hybridized carbons (Fsp3) is 0.700. The molecule has 1 saturated heterocycles. The topological polar surface area (TPSA) is 30.4 Å².